The highest BCUT2D eigenvalue weighted by Gasteiger charge is 2.13. The van der Waals surface area contributed by atoms with E-state index in [1.807, 2.05) is 0 Å². The zero-order valence-corrected chi connectivity index (χ0v) is 12.0. The molecule has 0 saturated carbocycles. The molecule has 0 aliphatic heterocycles. The third-order valence-electron chi connectivity index (χ3n) is 3.10. The number of hydrogen-bond acceptors (Lipinski definition) is 5. The van der Waals surface area contributed by atoms with E-state index in [0.717, 1.165) is 0 Å². The van der Waals surface area contributed by atoms with Crippen molar-refractivity contribution in [1.29, 1.82) is 0 Å². The minimum Gasteiger partial charge on any atom is -0.423 e. The highest BCUT2D eigenvalue weighted by Crippen LogP contribution is 2.22. The fourth-order valence-electron chi connectivity index (χ4n) is 2.02. The summed E-state index contributed by atoms with van der Waals surface area (Å²) < 4.78 is 13.8. The maximum Gasteiger partial charge on any atom is 0.286 e. The molecule has 0 aliphatic rings. The second-order valence-electron chi connectivity index (χ2n) is 4.55. The van der Waals surface area contributed by atoms with Gasteiger partial charge in [-0.1, -0.05) is 25.3 Å². The van der Waals surface area contributed by atoms with Crippen molar-refractivity contribution in [3.8, 4) is 0 Å². The maximum absolute atomic E-state index is 13.3. The van der Waals surface area contributed by atoms with Gasteiger partial charge in [-0.05, 0) is 6.92 Å². The number of aryl methyl sites for hydroxylation is 1. The number of rotatable bonds is 5. The zero-order chi connectivity index (χ0) is 16.3. The van der Waals surface area contributed by atoms with E-state index in [0.29, 0.717) is 27.1 Å². The van der Waals surface area contributed by atoms with Crippen LogP contribution in [0.5, 0.6) is 0 Å². The zero-order valence-electron chi connectivity index (χ0n) is 12.0. The third kappa shape index (κ3) is 2.88. The molecular formula is C15H15FN4O2. The van der Waals surface area contributed by atoms with Crippen molar-refractivity contribution < 1.29 is 9.60 Å². The smallest absolute Gasteiger partial charge is 0.286 e. The van der Waals surface area contributed by atoms with Crippen LogP contribution in [0.25, 0.3) is 11.0 Å². The first-order chi connectivity index (χ1) is 10.5. The normalized spacial score (nSPS) is 11.5. The van der Waals surface area contributed by atoms with E-state index in [9.17, 15) is 14.4 Å². The molecule has 2 N–H and O–H groups in total. The van der Waals surface area contributed by atoms with Gasteiger partial charge in [0, 0.05) is 18.2 Å². The first kappa shape index (κ1) is 15.4. The van der Waals surface area contributed by atoms with E-state index in [1.165, 1.54) is 24.5 Å². The quantitative estimate of drug-likeness (QED) is 0.654. The van der Waals surface area contributed by atoms with Gasteiger partial charge in [0.2, 0.25) is 0 Å². The molecule has 0 aliphatic carbocycles. The predicted octanol–water partition coefficient (Wildman–Crippen LogP) is 2.34. The fraction of sp³-hybridized carbons (Fsp3) is 0.133. The van der Waals surface area contributed by atoms with Gasteiger partial charge < -0.3 is 10.5 Å². The summed E-state index contributed by atoms with van der Waals surface area (Å²) in [6.45, 7) is 8.57. The Labute approximate surface area is 125 Å². The van der Waals surface area contributed by atoms with Crippen molar-refractivity contribution in [2.75, 3.05) is 11.9 Å². The Hall–Kier alpha value is -2.96. The Balaban J connectivity index is 2.50. The molecule has 7 heteroatoms. The van der Waals surface area contributed by atoms with E-state index >= 15 is 0 Å². The van der Waals surface area contributed by atoms with Gasteiger partial charge in [-0.25, -0.2) is 14.4 Å². The fourth-order valence-corrected chi connectivity index (χ4v) is 2.02. The number of allylic oxidation sites excluding steroid dienone is 2. The van der Waals surface area contributed by atoms with Crippen molar-refractivity contribution in [3.05, 3.63) is 65.2 Å². The van der Waals surface area contributed by atoms with Crippen LogP contribution in [0.15, 0.2) is 53.9 Å². The highest BCUT2D eigenvalue weighted by molar-refractivity contribution is 5.90. The molecule has 0 fully saturated rings. The van der Waals surface area contributed by atoms with Crippen LogP contribution in [-0.4, -0.2) is 26.5 Å². The van der Waals surface area contributed by atoms with Gasteiger partial charge in [-0.15, -0.1) is 4.73 Å². The van der Waals surface area contributed by atoms with Crippen LogP contribution in [0.2, 0.25) is 0 Å². The lowest BCUT2D eigenvalue weighted by molar-refractivity contribution is 0.186. The summed E-state index contributed by atoms with van der Waals surface area (Å²) in [5, 5.41) is 13.2. The van der Waals surface area contributed by atoms with Crippen molar-refractivity contribution in [3.63, 3.8) is 0 Å². The summed E-state index contributed by atoms with van der Waals surface area (Å²) in [4.78, 5) is 19.7. The Kier molecular flexibility index (Phi) is 4.36. The molecule has 6 nitrogen and oxygen atoms in total. The van der Waals surface area contributed by atoms with Gasteiger partial charge in [0.05, 0.1) is 16.8 Å². The SMILES string of the molecule is C=C/C=C(/CNc1cc(=O)n(O)c2ncnc(C)c12)C(=C)F. The number of aromatic nitrogens is 3. The van der Waals surface area contributed by atoms with Gasteiger partial charge >= 0.3 is 0 Å². The lowest BCUT2D eigenvalue weighted by atomic mass is 10.2. The lowest BCUT2D eigenvalue weighted by Gasteiger charge is -2.12. The van der Waals surface area contributed by atoms with Crippen molar-refractivity contribution in [2.45, 2.75) is 6.92 Å². The molecule has 2 aromatic rings. The molecule has 0 amide bonds. The molecule has 0 spiro atoms. The van der Waals surface area contributed by atoms with Crippen LogP contribution >= 0.6 is 0 Å². The third-order valence-corrected chi connectivity index (χ3v) is 3.10. The Morgan fingerprint density at radius 3 is 2.91 bits per heavy atom. The first-order valence-electron chi connectivity index (χ1n) is 6.42. The molecule has 0 bridgehead atoms. The van der Waals surface area contributed by atoms with Crippen LogP contribution in [0, 0.1) is 6.92 Å². The molecule has 0 unspecified atom stereocenters. The van der Waals surface area contributed by atoms with Crippen molar-refractivity contribution >= 4 is 16.7 Å². The minimum atomic E-state index is -0.651. The van der Waals surface area contributed by atoms with E-state index in [4.69, 9.17) is 0 Å². The molecule has 2 rings (SSSR count). The van der Waals surface area contributed by atoms with E-state index < -0.39 is 11.4 Å². The number of anilines is 1. The lowest BCUT2D eigenvalue weighted by Crippen LogP contribution is -2.20. The van der Waals surface area contributed by atoms with Crippen LogP contribution in [-0.2, 0) is 0 Å². The molecule has 0 saturated heterocycles. The minimum absolute atomic E-state index is 0.0795. The van der Waals surface area contributed by atoms with Crippen LogP contribution < -0.4 is 10.9 Å². The summed E-state index contributed by atoms with van der Waals surface area (Å²) in [5.41, 5.74) is 0.700. The van der Waals surface area contributed by atoms with E-state index in [-0.39, 0.29) is 12.2 Å². The Bertz CT molecular complexity index is 839. The summed E-state index contributed by atoms with van der Waals surface area (Å²) in [7, 11) is 0. The Morgan fingerprint density at radius 1 is 1.55 bits per heavy atom. The molecule has 114 valence electrons. The van der Waals surface area contributed by atoms with Crippen LogP contribution in [0.1, 0.15) is 5.69 Å². The number of halogens is 1. The summed E-state index contributed by atoms with van der Waals surface area (Å²) >= 11 is 0. The standard InChI is InChI=1S/C15H15FN4O2/c1-4-5-11(9(2)16)7-17-12-6-13(21)20(22)15-14(12)10(3)18-8-19-15/h4-6,8,17,22H,1-2,7H2,3H3/b11-5-. The number of fused-ring (bicyclic) bond motifs is 1. The molecule has 2 heterocycles. The van der Waals surface area contributed by atoms with Gasteiger partial charge in [-0.3, -0.25) is 4.79 Å². The largest absolute Gasteiger partial charge is 0.423 e. The summed E-state index contributed by atoms with van der Waals surface area (Å²) in [6, 6.07) is 1.20. The van der Waals surface area contributed by atoms with Crippen LogP contribution in [0.3, 0.4) is 0 Å². The van der Waals surface area contributed by atoms with Crippen molar-refractivity contribution in [2.24, 2.45) is 0 Å². The monoisotopic (exact) mass is 302 g/mol. The first-order valence-corrected chi connectivity index (χ1v) is 6.42. The molecule has 22 heavy (non-hydrogen) atoms. The second kappa shape index (κ2) is 6.21. The Morgan fingerprint density at radius 2 is 2.27 bits per heavy atom. The molecular weight excluding hydrogens is 287 g/mol. The molecule has 2 aromatic heterocycles. The molecule has 0 aromatic carbocycles. The van der Waals surface area contributed by atoms with Gasteiger partial charge in [-0.2, -0.15) is 0 Å². The topological polar surface area (TPSA) is 80.0 Å². The van der Waals surface area contributed by atoms with Gasteiger partial charge in [0.15, 0.2) is 5.65 Å². The van der Waals surface area contributed by atoms with Crippen LogP contribution in [0.4, 0.5) is 10.1 Å². The number of nitrogens with one attached hydrogen (secondary N) is 1. The summed E-state index contributed by atoms with van der Waals surface area (Å²) in [5.74, 6) is -0.597. The average molecular weight is 302 g/mol. The van der Waals surface area contributed by atoms with Gasteiger partial charge in [0.25, 0.3) is 5.56 Å². The average Bonchev–Trinajstić information content (AvgIpc) is 2.47. The maximum atomic E-state index is 13.3. The van der Waals surface area contributed by atoms with Crippen molar-refractivity contribution in [1.82, 2.24) is 14.7 Å². The second-order valence-corrected chi connectivity index (χ2v) is 4.55. The number of pyridine rings is 1. The number of nitrogens with zero attached hydrogens (tertiary/aromatic N) is 3. The summed E-state index contributed by atoms with van der Waals surface area (Å²) in [6.07, 6.45) is 4.17. The van der Waals surface area contributed by atoms with Gasteiger partial charge in [0.1, 0.15) is 12.2 Å². The van der Waals surface area contributed by atoms with E-state index in [1.54, 1.807) is 6.92 Å². The predicted molar refractivity (Wildman–Crippen MR) is 82.7 cm³/mol. The number of hydrogen-bond donors (Lipinski definition) is 2. The highest BCUT2D eigenvalue weighted by atomic mass is 19.1. The molecule has 0 atom stereocenters. The molecule has 0 radical (unpaired) electrons. The van der Waals surface area contributed by atoms with E-state index in [2.05, 4.69) is 28.4 Å².